The van der Waals surface area contributed by atoms with Gasteiger partial charge in [0.25, 0.3) is 11.6 Å². The topological polar surface area (TPSA) is 71.3 Å². The molecule has 2 fully saturated rings. The number of carbonyl (C=O) groups is 1. The van der Waals surface area contributed by atoms with Gasteiger partial charge < -0.3 is 14.7 Å². The third kappa shape index (κ3) is 3.59. The number of amides is 1. The Balaban J connectivity index is 0.00000218. The molecule has 2 aliphatic rings. The van der Waals surface area contributed by atoms with Crippen LogP contribution in [0.2, 0.25) is 0 Å². The molecule has 30 heavy (non-hydrogen) atoms. The van der Waals surface area contributed by atoms with Crippen molar-refractivity contribution in [2.75, 3.05) is 7.05 Å². The second kappa shape index (κ2) is 8.00. The number of hydrogen-bond acceptors (Lipinski definition) is 5. The van der Waals surface area contributed by atoms with Crippen LogP contribution in [0.5, 0.6) is 0 Å². The van der Waals surface area contributed by atoms with Crippen LogP contribution in [0.1, 0.15) is 47.3 Å². The van der Waals surface area contributed by atoms with Crippen molar-refractivity contribution in [1.29, 1.82) is 0 Å². The molecule has 2 unspecified atom stereocenters. The molecular formula is C23H27ClN4O2. The second-order valence-corrected chi connectivity index (χ2v) is 8.55. The van der Waals surface area contributed by atoms with E-state index in [1.165, 1.54) is 18.4 Å². The maximum atomic E-state index is 13.6. The Kier molecular flexibility index (Phi) is 5.55. The highest BCUT2D eigenvalue weighted by Gasteiger charge is 2.37. The molecule has 1 N–H and O–H groups in total. The van der Waals surface area contributed by atoms with Gasteiger partial charge in [0.05, 0.1) is 22.3 Å². The molecule has 0 saturated carbocycles. The van der Waals surface area contributed by atoms with Crippen LogP contribution in [0, 0.1) is 13.8 Å². The molecule has 1 aromatic carbocycles. The number of nitrogens with one attached hydrogen (secondary N) is 1. The lowest BCUT2D eigenvalue weighted by atomic mass is 9.97. The summed E-state index contributed by atoms with van der Waals surface area (Å²) in [6.07, 6.45) is 4.46. The number of fused-ring (bicyclic) bond motifs is 3. The fraction of sp³-hybridized carbons (Fsp3) is 0.435. The minimum absolute atomic E-state index is 0. The van der Waals surface area contributed by atoms with Crippen LogP contribution in [0.4, 0.5) is 0 Å². The molecule has 3 aromatic rings. The maximum absolute atomic E-state index is 13.6. The summed E-state index contributed by atoms with van der Waals surface area (Å²) in [4.78, 5) is 20.1. The van der Waals surface area contributed by atoms with Crippen molar-refractivity contribution in [1.82, 2.24) is 20.4 Å². The molecule has 6 nitrogen and oxygen atoms in total. The Bertz CT molecular complexity index is 1070. The molecular weight excluding hydrogens is 400 g/mol. The average molecular weight is 427 g/mol. The van der Waals surface area contributed by atoms with E-state index in [0.717, 1.165) is 29.5 Å². The van der Waals surface area contributed by atoms with E-state index in [1.807, 2.05) is 49.2 Å². The number of pyridine rings is 1. The minimum atomic E-state index is 0. The molecule has 0 radical (unpaired) electrons. The highest BCUT2D eigenvalue weighted by Crippen LogP contribution is 2.32. The van der Waals surface area contributed by atoms with E-state index < -0.39 is 0 Å². The van der Waals surface area contributed by atoms with Gasteiger partial charge in [0.15, 0.2) is 0 Å². The van der Waals surface area contributed by atoms with Crippen LogP contribution in [-0.2, 0) is 0 Å². The fourth-order valence-corrected chi connectivity index (χ4v) is 4.83. The van der Waals surface area contributed by atoms with Crippen LogP contribution in [0.25, 0.3) is 22.4 Å². The minimum Gasteiger partial charge on any atom is -0.339 e. The number of rotatable bonds is 3. The molecule has 2 aliphatic heterocycles. The summed E-state index contributed by atoms with van der Waals surface area (Å²) >= 11 is 0. The van der Waals surface area contributed by atoms with Gasteiger partial charge in [0.2, 0.25) is 0 Å². The quantitative estimate of drug-likeness (QED) is 0.676. The lowest BCUT2D eigenvalue weighted by molar-refractivity contribution is 0.0683. The fourth-order valence-electron chi connectivity index (χ4n) is 4.83. The normalized spacial score (nSPS) is 22.7. The summed E-state index contributed by atoms with van der Waals surface area (Å²) in [6.45, 7) is 3.91. The number of aromatic nitrogens is 2. The van der Waals surface area contributed by atoms with Gasteiger partial charge in [-0.05, 0) is 45.6 Å². The van der Waals surface area contributed by atoms with Crippen LogP contribution in [0.3, 0.4) is 0 Å². The molecule has 2 bridgehead atoms. The van der Waals surface area contributed by atoms with E-state index in [-0.39, 0.29) is 24.4 Å². The van der Waals surface area contributed by atoms with Crippen molar-refractivity contribution in [3.8, 4) is 11.3 Å². The van der Waals surface area contributed by atoms with Crippen LogP contribution >= 0.6 is 12.4 Å². The van der Waals surface area contributed by atoms with Crippen molar-refractivity contribution in [2.24, 2.45) is 0 Å². The smallest absolute Gasteiger partial charge is 0.259 e. The maximum Gasteiger partial charge on any atom is 0.259 e. The summed E-state index contributed by atoms with van der Waals surface area (Å²) in [6, 6.07) is 11.4. The first-order valence-electron chi connectivity index (χ1n) is 10.4. The number of halogens is 1. The largest absolute Gasteiger partial charge is 0.339 e. The molecule has 0 spiro atoms. The Morgan fingerprint density at radius 1 is 1.13 bits per heavy atom. The van der Waals surface area contributed by atoms with Gasteiger partial charge in [-0.1, -0.05) is 35.0 Å². The third-order valence-electron chi connectivity index (χ3n) is 6.51. The van der Waals surface area contributed by atoms with Gasteiger partial charge >= 0.3 is 0 Å². The molecule has 7 heteroatoms. The average Bonchev–Trinajstić information content (AvgIpc) is 3.28. The van der Waals surface area contributed by atoms with Crippen molar-refractivity contribution in [3.63, 3.8) is 0 Å². The number of carbonyl (C=O) groups excluding carboxylic acids is 1. The van der Waals surface area contributed by atoms with Gasteiger partial charge in [-0.15, -0.1) is 12.4 Å². The summed E-state index contributed by atoms with van der Waals surface area (Å²) in [7, 11) is 1.93. The zero-order valence-corrected chi connectivity index (χ0v) is 18.3. The zero-order chi connectivity index (χ0) is 20.1. The van der Waals surface area contributed by atoms with E-state index >= 15 is 0 Å². The number of hydrogen-bond donors (Lipinski definition) is 1. The monoisotopic (exact) mass is 426 g/mol. The second-order valence-electron chi connectivity index (χ2n) is 8.55. The van der Waals surface area contributed by atoms with Gasteiger partial charge in [-0.3, -0.25) is 4.79 Å². The van der Waals surface area contributed by atoms with Crippen LogP contribution in [0.15, 0.2) is 34.9 Å². The Labute approximate surface area is 182 Å². The third-order valence-corrected chi connectivity index (χ3v) is 6.51. The summed E-state index contributed by atoms with van der Waals surface area (Å²) in [5.41, 5.74) is 4.62. The van der Waals surface area contributed by atoms with Crippen LogP contribution in [-0.4, -0.2) is 46.1 Å². The predicted molar refractivity (Wildman–Crippen MR) is 119 cm³/mol. The predicted octanol–water partition coefficient (Wildman–Crippen LogP) is 4.28. The van der Waals surface area contributed by atoms with E-state index in [2.05, 4.69) is 22.4 Å². The molecule has 158 valence electrons. The highest BCUT2D eigenvalue weighted by atomic mass is 35.5. The molecule has 4 heterocycles. The molecule has 1 amide bonds. The molecule has 0 aliphatic carbocycles. The Hall–Kier alpha value is -2.44. The summed E-state index contributed by atoms with van der Waals surface area (Å²) in [5.74, 6) is 0.0170. The van der Waals surface area contributed by atoms with Crippen LogP contribution < -0.4 is 5.32 Å². The first-order valence-corrected chi connectivity index (χ1v) is 10.4. The number of piperidine rings is 1. The van der Waals surface area contributed by atoms with E-state index in [1.54, 1.807) is 0 Å². The van der Waals surface area contributed by atoms with Crippen molar-refractivity contribution in [2.45, 2.75) is 57.7 Å². The van der Waals surface area contributed by atoms with Gasteiger partial charge in [0.1, 0.15) is 0 Å². The number of benzene rings is 1. The Morgan fingerprint density at radius 2 is 1.80 bits per heavy atom. The van der Waals surface area contributed by atoms with Gasteiger partial charge in [0, 0.05) is 30.7 Å². The number of aryl methyl sites for hydroxylation is 2. The van der Waals surface area contributed by atoms with Crippen molar-refractivity contribution >= 4 is 29.4 Å². The number of nitrogens with zero attached hydrogens (tertiary/aromatic N) is 3. The lowest BCUT2D eigenvalue weighted by Gasteiger charge is -2.35. The van der Waals surface area contributed by atoms with E-state index in [9.17, 15) is 4.79 Å². The SMILES string of the molecule is Cc1ccc(-c2cc(C(=O)N(C)C3CC4CCC(C3)N4)c3c(C)noc3n2)cc1.Cl. The first kappa shape index (κ1) is 20.8. The molecule has 5 rings (SSSR count). The van der Waals surface area contributed by atoms with E-state index in [4.69, 9.17) is 4.52 Å². The molecule has 2 aromatic heterocycles. The van der Waals surface area contributed by atoms with Gasteiger partial charge in [-0.2, -0.15) is 0 Å². The zero-order valence-electron chi connectivity index (χ0n) is 17.5. The highest BCUT2D eigenvalue weighted by molar-refractivity contribution is 6.07. The van der Waals surface area contributed by atoms with Crippen molar-refractivity contribution < 1.29 is 9.32 Å². The standard InChI is InChI=1S/C23H26N4O2.ClH/c1-13-4-6-15(7-5-13)20-12-19(21-14(2)26-29-22(21)25-20)23(28)27(3)18-10-16-8-9-17(11-18)24-16;/h4-7,12,16-18,24H,8-11H2,1-3H3;1H. The summed E-state index contributed by atoms with van der Waals surface area (Å²) in [5, 5.41) is 8.44. The van der Waals surface area contributed by atoms with Crippen molar-refractivity contribution in [3.05, 3.63) is 47.2 Å². The summed E-state index contributed by atoms with van der Waals surface area (Å²) < 4.78 is 5.45. The molecule has 2 atom stereocenters. The van der Waals surface area contributed by atoms with Gasteiger partial charge in [-0.25, -0.2) is 4.98 Å². The molecule has 2 saturated heterocycles. The lowest BCUT2D eigenvalue weighted by Crippen LogP contribution is -2.48. The first-order chi connectivity index (χ1) is 14.0. The van der Waals surface area contributed by atoms with E-state index in [0.29, 0.717) is 29.1 Å². The Morgan fingerprint density at radius 3 is 2.47 bits per heavy atom.